The Morgan fingerprint density at radius 2 is 2.03 bits per heavy atom. The molecule has 1 aliphatic heterocycles. The van der Waals surface area contributed by atoms with Gasteiger partial charge in [-0.15, -0.1) is 0 Å². The molecule has 0 aromatic carbocycles. The summed E-state index contributed by atoms with van der Waals surface area (Å²) in [6.07, 6.45) is 8.95. The Labute approximate surface area is 180 Å². The molecule has 0 aromatic rings. The molecule has 0 bridgehead atoms. The van der Waals surface area contributed by atoms with Crippen LogP contribution in [-0.2, 0) is 14.3 Å². The number of esters is 1. The number of nitrogens with one attached hydrogen (secondary N) is 1. The lowest BCUT2D eigenvalue weighted by atomic mass is 9.79. The Morgan fingerprint density at radius 1 is 1.30 bits per heavy atom. The van der Waals surface area contributed by atoms with Gasteiger partial charge in [-0.2, -0.15) is 0 Å². The minimum absolute atomic E-state index is 0.0683. The Balaban J connectivity index is 1.77. The van der Waals surface area contributed by atoms with Crippen molar-refractivity contribution in [3.8, 4) is 0 Å². The van der Waals surface area contributed by atoms with Crippen LogP contribution in [0.4, 0.5) is 0 Å². The Bertz CT molecular complexity index is 809. The summed E-state index contributed by atoms with van der Waals surface area (Å²) in [5.74, 6) is 1.82. The quantitative estimate of drug-likeness (QED) is 0.512. The molecule has 1 heterocycles. The summed E-state index contributed by atoms with van der Waals surface area (Å²) in [6, 6.07) is 0. The fourth-order valence-corrected chi connectivity index (χ4v) is 4.54. The molecule has 0 radical (unpaired) electrons. The fraction of sp³-hybridized carbons (Fsp3) is 0.542. The number of nitrogens with two attached hydrogens (primary N) is 1. The van der Waals surface area contributed by atoms with Crippen molar-refractivity contribution in [2.75, 3.05) is 27.3 Å². The highest BCUT2D eigenvalue weighted by Crippen LogP contribution is 2.36. The SMILES string of the molecule is C=C1CC(C2=C(CN)N(C)C(=C)N2)=CC=C(OC[C@H]2CCCC[C@@H]2C(=O)OC)C1C. The summed E-state index contributed by atoms with van der Waals surface area (Å²) in [5.41, 5.74) is 10.2. The maximum Gasteiger partial charge on any atom is 0.309 e. The molecule has 0 spiro atoms. The molecule has 1 saturated carbocycles. The number of methoxy groups -OCH3 is 1. The molecule has 3 N–H and O–H groups in total. The van der Waals surface area contributed by atoms with E-state index < -0.39 is 0 Å². The van der Waals surface area contributed by atoms with Crippen LogP contribution >= 0.6 is 0 Å². The van der Waals surface area contributed by atoms with Gasteiger partial charge in [0.15, 0.2) is 0 Å². The maximum absolute atomic E-state index is 12.2. The zero-order valence-corrected chi connectivity index (χ0v) is 18.5. The minimum atomic E-state index is -0.115. The summed E-state index contributed by atoms with van der Waals surface area (Å²) in [5, 5.41) is 3.36. The van der Waals surface area contributed by atoms with E-state index in [0.717, 1.165) is 66.2 Å². The van der Waals surface area contributed by atoms with E-state index in [1.54, 1.807) is 0 Å². The van der Waals surface area contributed by atoms with Crippen LogP contribution in [0.3, 0.4) is 0 Å². The van der Waals surface area contributed by atoms with Gasteiger partial charge in [-0.25, -0.2) is 0 Å². The predicted molar refractivity (Wildman–Crippen MR) is 119 cm³/mol. The van der Waals surface area contributed by atoms with E-state index in [2.05, 4.69) is 31.5 Å². The second-order valence-electron chi connectivity index (χ2n) is 8.46. The standard InChI is InChI=1S/C24H35N3O3/c1-15-12-18(23-21(13-25)27(4)17(3)26-23)10-11-22(16(15)2)30-14-19-8-6-7-9-20(19)24(28)29-5/h10-11,16,19-20,26H,1,3,6-9,12-14,25H2,2,4-5H3/t16?,19-,20+/m1/s1. The van der Waals surface area contributed by atoms with Crippen LogP contribution in [-0.4, -0.2) is 38.2 Å². The number of hydrogen-bond acceptors (Lipinski definition) is 6. The lowest BCUT2D eigenvalue weighted by molar-refractivity contribution is -0.149. The maximum atomic E-state index is 12.2. The molecule has 3 atom stereocenters. The Kier molecular flexibility index (Phi) is 7.08. The normalized spacial score (nSPS) is 27.3. The number of nitrogens with zero attached hydrogens (tertiary/aromatic N) is 1. The molecular weight excluding hydrogens is 378 g/mol. The van der Waals surface area contributed by atoms with Crippen molar-refractivity contribution < 1.29 is 14.3 Å². The van der Waals surface area contributed by atoms with Gasteiger partial charge in [0.2, 0.25) is 0 Å². The smallest absolute Gasteiger partial charge is 0.309 e. The van der Waals surface area contributed by atoms with Crippen LogP contribution in [0.1, 0.15) is 39.0 Å². The van der Waals surface area contributed by atoms with Crippen molar-refractivity contribution >= 4 is 5.97 Å². The highest BCUT2D eigenvalue weighted by molar-refractivity contribution is 5.72. The second-order valence-corrected chi connectivity index (χ2v) is 8.46. The lowest BCUT2D eigenvalue weighted by Crippen LogP contribution is -2.31. The van der Waals surface area contributed by atoms with Crippen LogP contribution in [0.25, 0.3) is 0 Å². The van der Waals surface area contributed by atoms with Crippen LogP contribution in [0, 0.1) is 17.8 Å². The number of likely N-dealkylation sites (N-methyl/N-ethyl adjacent to an activating group) is 1. The Hall–Kier alpha value is -2.47. The first kappa shape index (κ1) is 22.2. The van der Waals surface area contributed by atoms with Gasteiger partial charge >= 0.3 is 5.97 Å². The van der Waals surface area contributed by atoms with Crippen LogP contribution in [0.15, 0.2) is 59.4 Å². The van der Waals surface area contributed by atoms with Crippen molar-refractivity contribution in [3.63, 3.8) is 0 Å². The molecule has 2 aliphatic carbocycles. The fourth-order valence-electron chi connectivity index (χ4n) is 4.54. The van der Waals surface area contributed by atoms with Gasteiger partial charge in [0.05, 0.1) is 31.0 Å². The summed E-state index contributed by atoms with van der Waals surface area (Å²) < 4.78 is 11.3. The van der Waals surface area contributed by atoms with E-state index in [-0.39, 0.29) is 23.7 Å². The molecule has 6 heteroatoms. The largest absolute Gasteiger partial charge is 0.497 e. The van der Waals surface area contributed by atoms with Crippen molar-refractivity contribution in [3.05, 3.63) is 59.4 Å². The molecule has 30 heavy (non-hydrogen) atoms. The van der Waals surface area contributed by atoms with Crippen LogP contribution < -0.4 is 11.1 Å². The molecule has 3 rings (SSSR count). The topological polar surface area (TPSA) is 76.8 Å². The molecule has 0 amide bonds. The zero-order chi connectivity index (χ0) is 21.8. The van der Waals surface area contributed by atoms with Gasteiger partial charge < -0.3 is 25.4 Å². The predicted octanol–water partition coefficient (Wildman–Crippen LogP) is 3.57. The number of carbonyl (C=O) groups is 1. The Morgan fingerprint density at radius 3 is 2.73 bits per heavy atom. The minimum Gasteiger partial charge on any atom is -0.497 e. The van der Waals surface area contributed by atoms with Crippen LogP contribution in [0.2, 0.25) is 0 Å². The number of rotatable bonds is 6. The third kappa shape index (κ3) is 4.48. The van der Waals surface area contributed by atoms with E-state index in [9.17, 15) is 4.79 Å². The highest BCUT2D eigenvalue weighted by Gasteiger charge is 2.33. The summed E-state index contributed by atoms with van der Waals surface area (Å²) >= 11 is 0. The molecular formula is C24H35N3O3. The van der Waals surface area contributed by atoms with E-state index >= 15 is 0 Å². The van der Waals surface area contributed by atoms with Crippen molar-refractivity contribution in [2.45, 2.75) is 39.0 Å². The van der Waals surface area contributed by atoms with E-state index in [1.165, 1.54) is 7.11 Å². The first-order valence-electron chi connectivity index (χ1n) is 10.8. The molecule has 6 nitrogen and oxygen atoms in total. The number of allylic oxidation sites excluding steroid dienone is 4. The third-order valence-electron chi connectivity index (χ3n) is 6.66. The monoisotopic (exact) mass is 413 g/mol. The van der Waals surface area contributed by atoms with Crippen molar-refractivity contribution in [1.29, 1.82) is 0 Å². The first-order chi connectivity index (χ1) is 14.4. The van der Waals surface area contributed by atoms with Gasteiger partial charge in [0.25, 0.3) is 0 Å². The average Bonchev–Trinajstić information content (AvgIpc) is 2.96. The average molecular weight is 414 g/mol. The first-order valence-corrected chi connectivity index (χ1v) is 10.8. The van der Waals surface area contributed by atoms with Gasteiger partial charge in [0, 0.05) is 25.4 Å². The second kappa shape index (κ2) is 9.56. The van der Waals surface area contributed by atoms with E-state index in [1.807, 2.05) is 18.0 Å². The van der Waals surface area contributed by atoms with E-state index in [0.29, 0.717) is 13.2 Å². The molecule has 1 fully saturated rings. The molecule has 3 aliphatic rings. The van der Waals surface area contributed by atoms with Gasteiger partial charge in [0.1, 0.15) is 11.6 Å². The summed E-state index contributed by atoms with van der Waals surface area (Å²) in [7, 11) is 3.43. The van der Waals surface area contributed by atoms with Gasteiger partial charge in [-0.1, -0.05) is 44.6 Å². The number of carbonyl (C=O) groups excluding carboxylic acids is 1. The molecule has 0 aromatic heterocycles. The van der Waals surface area contributed by atoms with Gasteiger partial charge in [-0.05, 0) is 30.9 Å². The molecule has 0 saturated heterocycles. The summed E-state index contributed by atoms with van der Waals surface area (Å²) in [4.78, 5) is 14.1. The highest BCUT2D eigenvalue weighted by atomic mass is 16.5. The third-order valence-corrected chi connectivity index (χ3v) is 6.66. The van der Waals surface area contributed by atoms with Crippen LogP contribution in [0.5, 0.6) is 0 Å². The molecule has 164 valence electrons. The zero-order valence-electron chi connectivity index (χ0n) is 18.5. The van der Waals surface area contributed by atoms with Gasteiger partial charge in [-0.3, -0.25) is 4.79 Å². The van der Waals surface area contributed by atoms with E-state index in [4.69, 9.17) is 15.2 Å². The summed E-state index contributed by atoms with van der Waals surface area (Å²) in [6.45, 7) is 11.4. The lowest BCUT2D eigenvalue weighted by Gasteiger charge is -2.30. The number of hydrogen-bond donors (Lipinski definition) is 2. The van der Waals surface area contributed by atoms with Crippen molar-refractivity contribution in [1.82, 2.24) is 10.2 Å². The van der Waals surface area contributed by atoms with Crippen molar-refractivity contribution in [2.24, 2.45) is 23.5 Å². The molecule has 1 unspecified atom stereocenters. The number of ether oxygens (including phenoxy) is 2.